The van der Waals surface area contributed by atoms with E-state index in [0.717, 1.165) is 0 Å². The summed E-state index contributed by atoms with van der Waals surface area (Å²) < 4.78 is 62.8. The Balaban J connectivity index is 2.24. The van der Waals surface area contributed by atoms with E-state index in [1.807, 2.05) is 22.6 Å². The molecule has 0 bridgehead atoms. The highest BCUT2D eigenvalue weighted by Crippen LogP contribution is 2.24. The van der Waals surface area contributed by atoms with Gasteiger partial charge in [0, 0.05) is 13.0 Å². The van der Waals surface area contributed by atoms with E-state index in [0.29, 0.717) is 0 Å². The molecule has 0 aromatic heterocycles. The summed E-state index contributed by atoms with van der Waals surface area (Å²) in [5.41, 5.74) is 0. The average Bonchev–Trinajstić information content (AvgIpc) is 2.32. The fourth-order valence-corrected chi connectivity index (χ4v) is 5.55. The minimum atomic E-state index is -4.17. The van der Waals surface area contributed by atoms with E-state index in [1.165, 1.54) is 0 Å². The Labute approximate surface area is 106 Å². The minimum absolute atomic E-state index is 0.0425. The number of rotatable bonds is 4. The van der Waals surface area contributed by atoms with Crippen molar-refractivity contribution in [1.29, 1.82) is 0 Å². The van der Waals surface area contributed by atoms with Crippen LogP contribution in [-0.4, -0.2) is 42.7 Å². The van der Waals surface area contributed by atoms with Gasteiger partial charge in [0.25, 0.3) is 0 Å². The Morgan fingerprint density at radius 3 is 2.38 bits per heavy atom. The van der Waals surface area contributed by atoms with Gasteiger partial charge in [-0.2, -0.15) is 13.2 Å². The van der Waals surface area contributed by atoms with Crippen LogP contribution >= 0.6 is 22.6 Å². The van der Waals surface area contributed by atoms with Gasteiger partial charge in [0.05, 0.1) is 21.5 Å². The summed E-state index contributed by atoms with van der Waals surface area (Å²) in [7, 11) is -3.06. The smallest absolute Gasteiger partial charge is 0.376 e. The third kappa shape index (κ3) is 5.17. The van der Waals surface area contributed by atoms with Gasteiger partial charge in [-0.05, 0) is 6.42 Å². The zero-order valence-corrected chi connectivity index (χ0v) is 11.3. The van der Waals surface area contributed by atoms with Crippen molar-refractivity contribution in [2.24, 2.45) is 0 Å². The topological polar surface area (TPSA) is 43.4 Å². The highest BCUT2D eigenvalue weighted by molar-refractivity contribution is 14.1. The zero-order chi connectivity index (χ0) is 12.4. The van der Waals surface area contributed by atoms with Gasteiger partial charge in [0.1, 0.15) is 0 Å². The summed E-state index contributed by atoms with van der Waals surface area (Å²) in [6, 6.07) is 0. The predicted molar refractivity (Wildman–Crippen MR) is 61.5 cm³/mol. The minimum Gasteiger partial charge on any atom is -0.376 e. The zero-order valence-electron chi connectivity index (χ0n) is 8.34. The molecule has 0 saturated carbocycles. The fourth-order valence-electron chi connectivity index (χ4n) is 1.43. The van der Waals surface area contributed by atoms with E-state index in [2.05, 4.69) is 0 Å². The van der Waals surface area contributed by atoms with E-state index in [1.54, 1.807) is 0 Å². The van der Waals surface area contributed by atoms with Gasteiger partial charge in [-0.25, -0.2) is 8.42 Å². The van der Waals surface area contributed by atoms with Crippen molar-refractivity contribution in [1.82, 2.24) is 0 Å². The van der Waals surface area contributed by atoms with Crippen LogP contribution in [0.4, 0.5) is 13.2 Å². The molecule has 2 atom stereocenters. The van der Waals surface area contributed by atoms with Crippen LogP contribution in [0.1, 0.15) is 12.8 Å². The molecule has 1 aliphatic heterocycles. The van der Waals surface area contributed by atoms with Crippen molar-refractivity contribution in [2.45, 2.75) is 29.0 Å². The normalized spacial score (nSPS) is 29.5. The molecule has 8 heteroatoms. The highest BCUT2D eigenvalue weighted by Gasteiger charge is 2.36. The van der Waals surface area contributed by atoms with E-state index >= 15 is 0 Å². The van der Waals surface area contributed by atoms with Gasteiger partial charge in [-0.3, -0.25) is 0 Å². The Bertz CT molecular complexity index is 328. The lowest BCUT2D eigenvalue weighted by atomic mass is 10.3. The van der Waals surface area contributed by atoms with Crippen molar-refractivity contribution < 1.29 is 26.3 Å². The first-order valence-corrected chi connectivity index (χ1v) is 7.79. The molecule has 16 heavy (non-hydrogen) atoms. The molecule has 1 aliphatic rings. The molecular formula is C8H12F3IO3S. The molecule has 0 aromatic rings. The molecule has 0 aliphatic carbocycles. The van der Waals surface area contributed by atoms with Crippen LogP contribution in [0.15, 0.2) is 0 Å². The largest absolute Gasteiger partial charge is 0.389 e. The first-order valence-electron chi connectivity index (χ1n) is 4.72. The summed E-state index contributed by atoms with van der Waals surface area (Å²) in [4.78, 5) is 0. The molecule has 0 N–H and O–H groups in total. The Morgan fingerprint density at radius 2 is 1.94 bits per heavy atom. The molecule has 2 unspecified atom stereocenters. The molecule has 0 amide bonds. The average molecular weight is 372 g/mol. The number of sulfone groups is 1. The van der Waals surface area contributed by atoms with Gasteiger partial charge >= 0.3 is 6.18 Å². The predicted octanol–water partition coefficient (Wildman–Crippen LogP) is 1.95. The molecule has 3 nitrogen and oxygen atoms in total. The summed E-state index contributed by atoms with van der Waals surface area (Å²) in [5.74, 6) is -0.0237. The van der Waals surface area contributed by atoms with Crippen molar-refractivity contribution in [2.75, 3.05) is 18.1 Å². The van der Waals surface area contributed by atoms with Crippen LogP contribution in [0.25, 0.3) is 0 Å². The number of hydrogen-bond acceptors (Lipinski definition) is 3. The maximum atomic E-state index is 11.8. The standard InChI is InChI=1S/C8H12F3IO3S/c9-8(10,11)2-1-3-15-7-5-16(13,14)4-6(7)12/h6-7H,1-5H2. The lowest BCUT2D eigenvalue weighted by Crippen LogP contribution is -2.23. The SMILES string of the molecule is O=S1(=O)CC(I)C(OCCCC(F)(F)F)C1. The van der Waals surface area contributed by atoms with Gasteiger partial charge in [-0.15, -0.1) is 0 Å². The van der Waals surface area contributed by atoms with Gasteiger partial charge in [0.2, 0.25) is 0 Å². The first kappa shape index (κ1) is 14.5. The van der Waals surface area contributed by atoms with Gasteiger partial charge in [-0.1, -0.05) is 22.6 Å². The fraction of sp³-hybridized carbons (Fsp3) is 1.00. The Hall–Kier alpha value is 0.430. The summed E-state index contributed by atoms with van der Waals surface area (Å²) >= 11 is 1.96. The maximum Gasteiger partial charge on any atom is 0.389 e. The lowest BCUT2D eigenvalue weighted by molar-refractivity contribution is -0.138. The highest BCUT2D eigenvalue weighted by atomic mass is 127. The van der Waals surface area contributed by atoms with Gasteiger partial charge < -0.3 is 4.74 Å². The number of alkyl halides is 4. The van der Waals surface area contributed by atoms with Crippen LogP contribution < -0.4 is 0 Å². The van der Waals surface area contributed by atoms with Crippen molar-refractivity contribution in [3.8, 4) is 0 Å². The van der Waals surface area contributed by atoms with Crippen LogP contribution in [-0.2, 0) is 14.6 Å². The monoisotopic (exact) mass is 372 g/mol. The number of halogens is 4. The molecule has 0 aromatic carbocycles. The molecule has 1 fully saturated rings. The summed E-state index contributed by atoms with van der Waals surface area (Å²) in [6.07, 6.45) is -5.64. The molecule has 0 spiro atoms. The maximum absolute atomic E-state index is 11.8. The second kappa shape index (κ2) is 5.38. The van der Waals surface area contributed by atoms with Crippen molar-refractivity contribution in [3.05, 3.63) is 0 Å². The quantitative estimate of drug-likeness (QED) is 0.431. The summed E-state index contributed by atoms with van der Waals surface area (Å²) in [5, 5.41) is 0. The van der Waals surface area contributed by atoms with Gasteiger partial charge in [0.15, 0.2) is 9.84 Å². The second-order valence-corrected chi connectivity index (χ2v) is 7.47. The molecule has 1 saturated heterocycles. The summed E-state index contributed by atoms with van der Waals surface area (Å²) in [6.45, 7) is -0.0425. The second-order valence-electron chi connectivity index (χ2n) is 3.72. The molecular weight excluding hydrogens is 360 g/mol. The molecule has 0 radical (unpaired) electrons. The van der Waals surface area contributed by atoms with E-state index in [4.69, 9.17) is 4.74 Å². The van der Waals surface area contributed by atoms with Crippen LogP contribution in [0.3, 0.4) is 0 Å². The third-order valence-electron chi connectivity index (χ3n) is 2.17. The van der Waals surface area contributed by atoms with Crippen LogP contribution in [0.2, 0.25) is 0 Å². The van der Waals surface area contributed by atoms with Crippen LogP contribution in [0, 0.1) is 0 Å². The molecule has 1 heterocycles. The van der Waals surface area contributed by atoms with Crippen molar-refractivity contribution in [3.63, 3.8) is 0 Å². The first-order chi connectivity index (χ1) is 7.20. The number of hydrogen-bond donors (Lipinski definition) is 0. The Morgan fingerprint density at radius 1 is 1.31 bits per heavy atom. The lowest BCUT2D eigenvalue weighted by Gasteiger charge is -2.14. The van der Waals surface area contributed by atoms with Crippen LogP contribution in [0.5, 0.6) is 0 Å². The molecule has 96 valence electrons. The van der Waals surface area contributed by atoms with E-state index in [-0.39, 0.29) is 28.5 Å². The van der Waals surface area contributed by atoms with E-state index in [9.17, 15) is 21.6 Å². The third-order valence-corrected chi connectivity index (χ3v) is 5.71. The van der Waals surface area contributed by atoms with Crippen molar-refractivity contribution >= 4 is 32.4 Å². The number of ether oxygens (including phenoxy) is 1. The Kier molecular flexibility index (Phi) is 4.88. The van der Waals surface area contributed by atoms with E-state index < -0.39 is 28.5 Å². The molecule has 1 rings (SSSR count).